The number of halogens is 2. The third-order valence-corrected chi connectivity index (χ3v) is 3.81. The van der Waals surface area contributed by atoms with Gasteiger partial charge in [0.2, 0.25) is 0 Å². The van der Waals surface area contributed by atoms with E-state index in [-0.39, 0.29) is 13.2 Å². The number of esters is 1. The maximum atomic E-state index is 13.5. The zero-order chi connectivity index (χ0) is 20.8. The summed E-state index contributed by atoms with van der Waals surface area (Å²) < 4.78 is 42.6. The summed E-state index contributed by atoms with van der Waals surface area (Å²) in [6.45, 7) is -0.638. The predicted molar refractivity (Wildman–Crippen MR) is 94.5 cm³/mol. The van der Waals surface area contributed by atoms with Crippen molar-refractivity contribution >= 4 is 17.9 Å². The Labute approximate surface area is 163 Å². The molecule has 0 aromatic heterocycles. The molecule has 2 N–H and O–H groups in total. The van der Waals surface area contributed by atoms with E-state index < -0.39 is 47.8 Å². The Kier molecular flexibility index (Phi) is 6.22. The second kappa shape index (κ2) is 9.00. The zero-order valence-electron chi connectivity index (χ0n) is 14.9. The average Bonchev–Trinajstić information content (AvgIpc) is 2.70. The molecule has 3 amide bonds. The SMILES string of the molecule is O=C(COC(=O)c1c(F)cccc1F)NC(=O)NCC1COc2ccccc2O1. The van der Waals surface area contributed by atoms with Gasteiger partial charge < -0.3 is 19.5 Å². The van der Waals surface area contributed by atoms with Gasteiger partial charge in [-0.3, -0.25) is 10.1 Å². The smallest absolute Gasteiger partial charge is 0.344 e. The van der Waals surface area contributed by atoms with Crippen molar-refractivity contribution in [1.29, 1.82) is 0 Å². The number of imide groups is 1. The Hall–Kier alpha value is -3.69. The number of ether oxygens (including phenoxy) is 3. The number of hydrogen-bond acceptors (Lipinski definition) is 6. The lowest BCUT2D eigenvalue weighted by atomic mass is 10.2. The molecule has 0 saturated heterocycles. The van der Waals surface area contributed by atoms with E-state index in [1.807, 2.05) is 5.32 Å². The number of hydrogen-bond donors (Lipinski definition) is 2. The summed E-state index contributed by atoms with van der Waals surface area (Å²) in [5.74, 6) is -3.44. The molecule has 0 bridgehead atoms. The number of rotatable bonds is 5. The van der Waals surface area contributed by atoms with Crippen molar-refractivity contribution in [2.24, 2.45) is 0 Å². The summed E-state index contributed by atoms with van der Waals surface area (Å²) in [7, 11) is 0. The number of nitrogens with one attached hydrogen (secondary N) is 2. The lowest BCUT2D eigenvalue weighted by Crippen LogP contribution is -2.46. The maximum Gasteiger partial charge on any atom is 0.344 e. The molecule has 10 heteroatoms. The fourth-order valence-corrected chi connectivity index (χ4v) is 2.47. The predicted octanol–water partition coefficient (Wildman–Crippen LogP) is 1.79. The Balaban J connectivity index is 1.41. The number of carbonyl (C=O) groups is 3. The van der Waals surface area contributed by atoms with Crippen molar-refractivity contribution in [3.63, 3.8) is 0 Å². The average molecular weight is 406 g/mol. The fraction of sp³-hybridized carbons (Fsp3) is 0.211. The Bertz CT molecular complexity index is 916. The van der Waals surface area contributed by atoms with Gasteiger partial charge in [-0.1, -0.05) is 18.2 Å². The highest BCUT2D eigenvalue weighted by Gasteiger charge is 2.22. The van der Waals surface area contributed by atoms with Crippen LogP contribution in [0.1, 0.15) is 10.4 Å². The molecule has 1 aliphatic rings. The van der Waals surface area contributed by atoms with Gasteiger partial charge in [-0.25, -0.2) is 18.4 Å². The van der Waals surface area contributed by atoms with Gasteiger partial charge in [0.15, 0.2) is 24.2 Å². The second-order valence-corrected chi connectivity index (χ2v) is 5.93. The standard InChI is InChI=1S/C19H16F2N2O6/c20-12-4-3-5-13(21)17(12)18(25)28-10-16(24)23-19(26)22-8-11-9-27-14-6-1-2-7-15(14)29-11/h1-7,11H,8-10H2,(H2,22,23,24,26). The topological polar surface area (TPSA) is 103 Å². The molecule has 1 aliphatic heterocycles. The van der Waals surface area contributed by atoms with Crippen molar-refractivity contribution in [3.8, 4) is 11.5 Å². The minimum Gasteiger partial charge on any atom is -0.486 e. The fourth-order valence-electron chi connectivity index (χ4n) is 2.47. The Morgan fingerprint density at radius 1 is 1.03 bits per heavy atom. The summed E-state index contributed by atoms with van der Waals surface area (Å²) in [4.78, 5) is 35.1. The molecule has 1 atom stereocenters. The molecule has 3 rings (SSSR count). The third-order valence-electron chi connectivity index (χ3n) is 3.81. The summed E-state index contributed by atoms with van der Waals surface area (Å²) in [5, 5.41) is 4.34. The van der Waals surface area contributed by atoms with Crippen molar-refractivity contribution in [2.45, 2.75) is 6.10 Å². The highest BCUT2D eigenvalue weighted by atomic mass is 19.1. The summed E-state index contributed by atoms with van der Waals surface area (Å²) in [5.41, 5.74) is -0.917. The van der Waals surface area contributed by atoms with Crippen LogP contribution in [0.3, 0.4) is 0 Å². The first kappa shape index (κ1) is 20.1. The molecule has 1 unspecified atom stereocenters. The Morgan fingerprint density at radius 2 is 1.72 bits per heavy atom. The van der Waals surface area contributed by atoms with Crippen LogP contribution in [-0.4, -0.2) is 43.8 Å². The van der Waals surface area contributed by atoms with Crippen LogP contribution >= 0.6 is 0 Å². The van der Waals surface area contributed by atoms with Crippen molar-refractivity contribution in [2.75, 3.05) is 19.8 Å². The van der Waals surface area contributed by atoms with Gasteiger partial charge in [-0.15, -0.1) is 0 Å². The number of fused-ring (bicyclic) bond motifs is 1. The minimum absolute atomic E-state index is 0.0493. The highest BCUT2D eigenvalue weighted by Crippen LogP contribution is 2.30. The molecule has 0 radical (unpaired) electrons. The van der Waals surface area contributed by atoms with Crippen LogP contribution in [-0.2, 0) is 9.53 Å². The van der Waals surface area contributed by atoms with E-state index in [1.54, 1.807) is 24.3 Å². The first-order valence-corrected chi connectivity index (χ1v) is 8.51. The number of amides is 3. The highest BCUT2D eigenvalue weighted by molar-refractivity contribution is 5.97. The number of para-hydroxylation sites is 2. The molecule has 0 aliphatic carbocycles. The van der Waals surface area contributed by atoms with Gasteiger partial charge >= 0.3 is 12.0 Å². The molecule has 0 fully saturated rings. The van der Waals surface area contributed by atoms with E-state index in [0.29, 0.717) is 11.5 Å². The van der Waals surface area contributed by atoms with Gasteiger partial charge in [0.25, 0.3) is 5.91 Å². The van der Waals surface area contributed by atoms with Crippen LogP contribution in [0.5, 0.6) is 11.5 Å². The molecule has 2 aromatic carbocycles. The van der Waals surface area contributed by atoms with Crippen LogP contribution in [0.4, 0.5) is 13.6 Å². The van der Waals surface area contributed by atoms with E-state index in [4.69, 9.17) is 9.47 Å². The van der Waals surface area contributed by atoms with Crippen LogP contribution in [0.25, 0.3) is 0 Å². The number of urea groups is 1. The van der Waals surface area contributed by atoms with E-state index in [1.165, 1.54) is 0 Å². The number of carbonyl (C=O) groups excluding carboxylic acids is 3. The largest absolute Gasteiger partial charge is 0.486 e. The lowest BCUT2D eigenvalue weighted by molar-refractivity contribution is -0.123. The normalized spacial score (nSPS) is 14.6. The minimum atomic E-state index is -1.36. The molecule has 29 heavy (non-hydrogen) atoms. The molecule has 1 heterocycles. The van der Waals surface area contributed by atoms with Crippen LogP contribution in [0.15, 0.2) is 42.5 Å². The summed E-state index contributed by atoms with van der Waals surface area (Å²) >= 11 is 0. The summed E-state index contributed by atoms with van der Waals surface area (Å²) in [6, 6.07) is 9.02. The van der Waals surface area contributed by atoms with Crippen molar-refractivity contribution < 1.29 is 37.4 Å². The molecule has 0 saturated carbocycles. The molecule has 2 aromatic rings. The quantitative estimate of drug-likeness (QED) is 0.734. The van der Waals surface area contributed by atoms with Gasteiger partial charge in [0, 0.05) is 0 Å². The second-order valence-electron chi connectivity index (χ2n) is 5.93. The molecule has 0 spiro atoms. The van der Waals surface area contributed by atoms with E-state index >= 15 is 0 Å². The van der Waals surface area contributed by atoms with Gasteiger partial charge in [-0.2, -0.15) is 0 Å². The first-order chi connectivity index (χ1) is 13.9. The molecular weight excluding hydrogens is 390 g/mol. The van der Waals surface area contributed by atoms with E-state index in [0.717, 1.165) is 18.2 Å². The number of benzene rings is 2. The monoisotopic (exact) mass is 406 g/mol. The molecule has 152 valence electrons. The third kappa shape index (κ3) is 5.18. The van der Waals surface area contributed by atoms with Crippen LogP contribution < -0.4 is 20.1 Å². The van der Waals surface area contributed by atoms with Crippen molar-refractivity contribution in [3.05, 3.63) is 59.7 Å². The van der Waals surface area contributed by atoms with E-state index in [2.05, 4.69) is 10.1 Å². The first-order valence-electron chi connectivity index (χ1n) is 8.51. The summed E-state index contributed by atoms with van der Waals surface area (Å²) in [6.07, 6.45) is -0.465. The Morgan fingerprint density at radius 3 is 2.45 bits per heavy atom. The lowest BCUT2D eigenvalue weighted by Gasteiger charge is -2.26. The zero-order valence-corrected chi connectivity index (χ0v) is 14.9. The van der Waals surface area contributed by atoms with Gasteiger partial charge in [0.1, 0.15) is 23.8 Å². The van der Waals surface area contributed by atoms with Gasteiger partial charge in [-0.05, 0) is 24.3 Å². The van der Waals surface area contributed by atoms with Gasteiger partial charge in [0.05, 0.1) is 6.54 Å². The van der Waals surface area contributed by atoms with Crippen molar-refractivity contribution in [1.82, 2.24) is 10.6 Å². The van der Waals surface area contributed by atoms with E-state index in [9.17, 15) is 23.2 Å². The van der Waals surface area contributed by atoms with Crippen LogP contribution in [0, 0.1) is 11.6 Å². The molecular formula is C19H16F2N2O6. The molecule has 8 nitrogen and oxygen atoms in total. The van der Waals surface area contributed by atoms with Crippen LogP contribution in [0.2, 0.25) is 0 Å². The maximum absolute atomic E-state index is 13.5.